The maximum atomic E-state index is 12.3. The van der Waals surface area contributed by atoms with Gasteiger partial charge in [-0.05, 0) is 129 Å². The molecule has 10 fully saturated rings. The van der Waals surface area contributed by atoms with Crippen molar-refractivity contribution in [3.8, 4) is 0 Å². The number of amides is 7. The van der Waals surface area contributed by atoms with Crippen molar-refractivity contribution in [1.82, 2.24) is 51.1 Å². The van der Waals surface area contributed by atoms with E-state index in [1.807, 2.05) is 98.2 Å². The van der Waals surface area contributed by atoms with E-state index in [4.69, 9.17) is 98.4 Å². The number of benzene rings is 2. The summed E-state index contributed by atoms with van der Waals surface area (Å²) in [7, 11) is 2.72. The molecule has 12 rings (SSSR count). The molecule has 2 aromatic carbocycles. The second-order valence-electron chi connectivity index (χ2n) is 25.8. The van der Waals surface area contributed by atoms with Gasteiger partial charge in [0.05, 0.1) is 27.3 Å². The highest BCUT2D eigenvalue weighted by molar-refractivity contribution is 6.68. The average Bonchev–Trinajstić information content (AvgIpc) is 1.59. The number of esters is 4. The first-order valence-electron chi connectivity index (χ1n) is 32.6. The van der Waals surface area contributed by atoms with Crippen molar-refractivity contribution < 1.29 is 91.1 Å². The fraction of sp³-hybridized carbons (Fsp3) is 0.636. The highest BCUT2D eigenvalue weighted by Crippen LogP contribution is 2.47. The van der Waals surface area contributed by atoms with Crippen molar-refractivity contribution in [2.75, 3.05) is 79.7 Å². The molecule has 8 atom stereocenters. The SMILES string of the molecule is C.COC(=O)[C@]1(C)CCCN1.COC(=O)[C@]1(C)CCCN1C(=O)CNC(=O)OCc1ccccc1.C[C@@]12CCCN1C(=O)CNC2=O.C[C@@]12CCCN1C(=O)CNC2=O.C[C@@]12CCCN1[C@@H](C(Cl)(Cl)Cl)OC2=O.Cl.O=C(O)CNC(=O)OCc1ccccc1.O=C1O[C@H](C(Cl)(Cl)Cl)N2CCC[C@@H]12. The van der Waals surface area contributed by atoms with Crippen molar-refractivity contribution in [3.05, 3.63) is 71.8 Å². The van der Waals surface area contributed by atoms with Crippen molar-refractivity contribution in [3.63, 3.8) is 0 Å². The highest BCUT2D eigenvalue weighted by atomic mass is 35.6. The number of aliphatic carboxylic acids is 1. The summed E-state index contributed by atoms with van der Waals surface area (Å²) in [6.45, 7) is 13.4. The molecule has 102 heavy (non-hydrogen) atoms. The lowest BCUT2D eigenvalue weighted by molar-refractivity contribution is -0.157. The molecular formula is C66H93Cl7N10O19. The van der Waals surface area contributed by atoms with Gasteiger partial charge in [0.25, 0.3) is 0 Å². The number of hydrogen-bond acceptors (Lipinski definition) is 21. The summed E-state index contributed by atoms with van der Waals surface area (Å²) in [6.07, 6.45) is 7.28. The summed E-state index contributed by atoms with van der Waals surface area (Å²) < 4.78 is 26.2. The molecule has 10 saturated heterocycles. The minimum absolute atomic E-state index is 0. The van der Waals surface area contributed by atoms with Crippen LogP contribution in [-0.2, 0) is 89.6 Å². The standard InChI is InChI=1S/C17H22N2O5.C10H11NO4.C8H10Cl3NO2.2C8H12N2O2.C7H8Cl3NO2.C7H13NO2.CH4.ClH/c1-17(15(21)23-2)9-6-10-19(17)14(20)11-18-16(22)24-12-13-7-4-3-5-8-13;12-9(13)6-11-10(14)15-7-8-4-2-1-3-5-8;1-7-3-2-4-12(7)5(8(9,10)11)14-6(7)13;2*1-8-3-2-4-10(8)6(11)5-9-7(8)12;8-7(9,10)6-11-3-1-2-4(11)5(12)13-6;1-7(6(9)10-2)4-3-5-8-7;;/h3-5,7-8H,6,9-12H2,1-2H3,(H,18,22);1-5H,6-7H2,(H,11,14)(H,12,13);5H,2-4H2,1H3;2*2-5H2,1H3,(H,9,12);4,6H,1-3H2;8H,3-5H2,1-2H3;1H4;1H/t17-;;5-,7+;2*8-;4-,6+;7-;;/m0.10000../s1. The van der Waals surface area contributed by atoms with E-state index in [-0.39, 0.29) is 106 Å². The van der Waals surface area contributed by atoms with Gasteiger partial charge in [0, 0.05) is 32.7 Å². The van der Waals surface area contributed by atoms with Gasteiger partial charge < -0.3 is 74.8 Å². The van der Waals surface area contributed by atoms with E-state index in [0.29, 0.717) is 13.0 Å². The third-order valence-electron chi connectivity index (χ3n) is 18.7. The van der Waals surface area contributed by atoms with E-state index in [2.05, 4.69) is 31.3 Å². The van der Waals surface area contributed by atoms with Crippen LogP contribution in [0.1, 0.15) is 130 Å². The number of likely N-dealkylation sites (tertiary alicyclic amines) is 1. The monoisotopic (exact) mass is 1570 g/mol. The molecule has 0 aromatic heterocycles. The molecule has 0 aliphatic carbocycles. The lowest BCUT2D eigenvalue weighted by Gasteiger charge is -2.37. The lowest BCUT2D eigenvalue weighted by atomic mass is 9.96. The number of carboxylic acid groups (broad SMARTS) is 1. The Hall–Kier alpha value is -6.41. The Kier molecular flexibility index (Phi) is 33.3. The van der Waals surface area contributed by atoms with E-state index in [9.17, 15) is 57.5 Å². The van der Waals surface area contributed by atoms with E-state index in [1.165, 1.54) is 19.1 Å². The third-order valence-corrected chi connectivity index (χ3v) is 19.8. The normalized spacial score (nSPS) is 27.1. The molecule has 10 heterocycles. The fourth-order valence-electron chi connectivity index (χ4n) is 13.1. The number of carboxylic acids is 1. The van der Waals surface area contributed by atoms with Crippen LogP contribution in [0.25, 0.3) is 0 Å². The fourth-order valence-corrected chi connectivity index (χ4v) is 14.1. The number of halogens is 7. The van der Waals surface area contributed by atoms with Crippen molar-refractivity contribution >= 4 is 154 Å². The summed E-state index contributed by atoms with van der Waals surface area (Å²) in [5, 5.41) is 21.1. The molecule has 29 nitrogen and oxygen atoms in total. The first-order valence-corrected chi connectivity index (χ1v) is 34.8. The second-order valence-corrected chi connectivity index (χ2v) is 30.5. The predicted octanol–water partition coefficient (Wildman–Crippen LogP) is 6.62. The molecule has 570 valence electrons. The minimum atomic E-state index is -1.57. The number of alkyl halides is 6. The number of carbonyl (C=O) groups excluding carboxylic acids is 11. The number of nitrogens with one attached hydrogen (secondary N) is 5. The predicted molar refractivity (Wildman–Crippen MR) is 379 cm³/mol. The molecule has 0 bridgehead atoms. The molecule has 0 unspecified atom stereocenters. The Labute approximate surface area is 629 Å². The summed E-state index contributed by atoms with van der Waals surface area (Å²) >= 11 is 34.3. The number of fused-ring (bicyclic) bond motifs is 4. The van der Waals surface area contributed by atoms with Gasteiger partial charge in [-0.3, -0.25) is 43.3 Å². The van der Waals surface area contributed by atoms with E-state index in [0.717, 1.165) is 114 Å². The number of rotatable bonds is 10. The van der Waals surface area contributed by atoms with E-state index >= 15 is 0 Å². The zero-order chi connectivity index (χ0) is 74.0. The average molecular weight is 1580 g/mol. The summed E-state index contributed by atoms with van der Waals surface area (Å²) in [5.41, 5.74) is -1.35. The van der Waals surface area contributed by atoms with Crippen LogP contribution >= 0.6 is 82.0 Å². The Bertz CT molecular complexity index is 3210. The molecule has 0 radical (unpaired) electrons. The van der Waals surface area contributed by atoms with Gasteiger partial charge in [0.2, 0.25) is 49.6 Å². The number of methoxy groups -OCH3 is 2. The molecule has 0 spiro atoms. The van der Waals surface area contributed by atoms with Gasteiger partial charge in [-0.2, -0.15) is 0 Å². The van der Waals surface area contributed by atoms with Gasteiger partial charge in [-0.1, -0.05) is 138 Å². The Morgan fingerprint density at radius 2 is 1.06 bits per heavy atom. The number of carbonyl (C=O) groups is 12. The summed E-state index contributed by atoms with van der Waals surface area (Å²) in [5.74, 6) is -2.49. The minimum Gasteiger partial charge on any atom is -0.480 e. The maximum Gasteiger partial charge on any atom is 0.407 e. The van der Waals surface area contributed by atoms with Crippen LogP contribution in [0.15, 0.2) is 60.7 Å². The zero-order valence-electron chi connectivity index (χ0n) is 57.2. The second kappa shape index (κ2) is 38.6. The summed E-state index contributed by atoms with van der Waals surface area (Å²) in [4.78, 5) is 145. The van der Waals surface area contributed by atoms with Gasteiger partial charge in [0.15, 0.2) is 0 Å². The van der Waals surface area contributed by atoms with Crippen molar-refractivity contribution in [2.45, 2.75) is 186 Å². The van der Waals surface area contributed by atoms with E-state index < -0.39 is 78.4 Å². The molecule has 7 amide bonds. The topological polar surface area (TPSA) is 357 Å². The van der Waals surface area contributed by atoms with Crippen LogP contribution in [0.4, 0.5) is 9.59 Å². The molecule has 10 aliphatic heterocycles. The number of alkyl carbamates (subject to hydrolysis) is 2. The number of ether oxygens (including phenoxy) is 6. The molecule has 6 N–H and O–H groups in total. The number of nitrogens with zero attached hydrogens (tertiary/aromatic N) is 5. The quantitative estimate of drug-likeness (QED) is 0.0827. The smallest absolute Gasteiger partial charge is 0.407 e. The molecular weight excluding hydrogens is 1480 g/mol. The first-order chi connectivity index (χ1) is 47.0. The zero-order valence-corrected chi connectivity index (χ0v) is 62.5. The Balaban J connectivity index is 0.000000256. The van der Waals surface area contributed by atoms with Crippen LogP contribution in [0.3, 0.4) is 0 Å². The molecule has 0 saturated carbocycles. The van der Waals surface area contributed by atoms with Gasteiger partial charge >= 0.3 is 42.0 Å². The number of cyclic esters (lactones) is 2. The lowest BCUT2D eigenvalue weighted by Crippen LogP contribution is -2.62. The summed E-state index contributed by atoms with van der Waals surface area (Å²) in [6, 6.07) is 18.2. The number of piperazine rings is 2. The van der Waals surface area contributed by atoms with Gasteiger partial charge in [-0.15, -0.1) is 12.4 Å². The van der Waals surface area contributed by atoms with Crippen molar-refractivity contribution in [2.24, 2.45) is 0 Å². The van der Waals surface area contributed by atoms with Gasteiger partial charge in [0.1, 0.15) is 60.0 Å². The number of hydrogen-bond donors (Lipinski definition) is 6. The van der Waals surface area contributed by atoms with E-state index in [1.54, 1.807) is 16.7 Å². The van der Waals surface area contributed by atoms with Crippen LogP contribution in [0.2, 0.25) is 0 Å². The molecule has 10 aliphatic rings. The van der Waals surface area contributed by atoms with Crippen LogP contribution in [0.5, 0.6) is 0 Å². The Morgan fingerprint density at radius 3 is 1.51 bits per heavy atom. The molecule has 2 aromatic rings. The van der Waals surface area contributed by atoms with Crippen LogP contribution in [-0.4, -0.2) is 235 Å². The maximum absolute atomic E-state index is 12.3. The van der Waals surface area contributed by atoms with Crippen molar-refractivity contribution in [1.29, 1.82) is 0 Å². The third kappa shape index (κ3) is 22.6. The first kappa shape index (κ1) is 88.0. The molecule has 36 heteroatoms. The van der Waals surface area contributed by atoms with Crippen LogP contribution in [0, 0.1) is 0 Å². The van der Waals surface area contributed by atoms with Crippen LogP contribution < -0.4 is 26.6 Å². The highest BCUT2D eigenvalue weighted by Gasteiger charge is 2.60. The van der Waals surface area contributed by atoms with Gasteiger partial charge in [-0.25, -0.2) is 24.1 Å². The Morgan fingerprint density at radius 1 is 0.588 bits per heavy atom. The largest absolute Gasteiger partial charge is 0.480 e.